The van der Waals surface area contributed by atoms with E-state index in [0.717, 1.165) is 29.6 Å². The van der Waals surface area contributed by atoms with E-state index < -0.39 is 0 Å². The fourth-order valence-electron chi connectivity index (χ4n) is 4.84. The Balaban J connectivity index is 1.41. The molecule has 0 saturated heterocycles. The summed E-state index contributed by atoms with van der Waals surface area (Å²) in [5.41, 5.74) is 0. The normalized spacial score (nSPS) is 44.3. The van der Waals surface area contributed by atoms with Crippen molar-refractivity contribution in [1.29, 1.82) is 0 Å². The Labute approximate surface area is 108 Å². The minimum Gasteiger partial charge on any atom is -0.0625 e. The van der Waals surface area contributed by atoms with Crippen molar-refractivity contribution < 1.29 is 0 Å². The molecule has 0 aromatic carbocycles. The molecular weight excluding hydrogens is 204 g/mol. The average molecular weight is 234 g/mol. The van der Waals surface area contributed by atoms with Crippen LogP contribution in [0.15, 0.2) is 0 Å². The lowest BCUT2D eigenvalue weighted by atomic mass is 9.59. The summed E-state index contributed by atoms with van der Waals surface area (Å²) in [5, 5.41) is 0. The van der Waals surface area contributed by atoms with Crippen molar-refractivity contribution in [3.05, 3.63) is 0 Å². The maximum atomic E-state index is 2.45. The minimum atomic E-state index is 1.03. The molecule has 0 atom stereocenters. The van der Waals surface area contributed by atoms with Gasteiger partial charge in [-0.25, -0.2) is 0 Å². The summed E-state index contributed by atoms with van der Waals surface area (Å²) in [6, 6.07) is 0. The monoisotopic (exact) mass is 234 g/mol. The van der Waals surface area contributed by atoms with E-state index in [0.29, 0.717) is 0 Å². The largest absolute Gasteiger partial charge is 0.0625 e. The third kappa shape index (κ3) is 2.71. The van der Waals surface area contributed by atoms with Crippen molar-refractivity contribution >= 4 is 0 Å². The molecule has 0 unspecified atom stereocenters. The zero-order valence-electron chi connectivity index (χ0n) is 11.7. The highest BCUT2D eigenvalue weighted by Crippen LogP contribution is 2.50. The predicted molar refractivity (Wildman–Crippen MR) is 73.9 cm³/mol. The molecule has 3 aliphatic carbocycles. The first-order valence-electron chi connectivity index (χ1n) is 8.33. The third-order valence-electron chi connectivity index (χ3n) is 6.25. The Morgan fingerprint density at radius 2 is 1.06 bits per heavy atom. The zero-order valence-corrected chi connectivity index (χ0v) is 11.7. The van der Waals surface area contributed by atoms with Crippen molar-refractivity contribution in [2.24, 2.45) is 29.6 Å². The Bertz CT molecular complexity index is 224. The lowest BCUT2D eigenvalue weighted by Gasteiger charge is -2.47. The van der Waals surface area contributed by atoms with Gasteiger partial charge in [-0.1, -0.05) is 51.9 Å². The van der Waals surface area contributed by atoms with E-state index in [4.69, 9.17) is 0 Å². The van der Waals surface area contributed by atoms with Gasteiger partial charge >= 0.3 is 0 Å². The summed E-state index contributed by atoms with van der Waals surface area (Å²) in [7, 11) is 0. The second kappa shape index (κ2) is 5.33. The maximum Gasteiger partial charge on any atom is -0.0380 e. The molecule has 3 saturated carbocycles. The summed E-state index contributed by atoms with van der Waals surface area (Å²) in [4.78, 5) is 0. The number of hydrogen-bond donors (Lipinski definition) is 0. The molecule has 98 valence electrons. The van der Waals surface area contributed by atoms with E-state index >= 15 is 0 Å². The molecule has 0 heteroatoms. The minimum absolute atomic E-state index is 1.03. The second-order valence-corrected chi connectivity index (χ2v) is 7.41. The zero-order chi connectivity index (χ0) is 11.7. The topological polar surface area (TPSA) is 0 Å². The molecule has 3 fully saturated rings. The molecule has 17 heavy (non-hydrogen) atoms. The highest BCUT2D eigenvalue weighted by molar-refractivity contribution is 4.90. The molecule has 3 rings (SSSR count). The smallest absolute Gasteiger partial charge is 0.0380 e. The van der Waals surface area contributed by atoms with Crippen LogP contribution in [0.3, 0.4) is 0 Å². The lowest BCUT2D eigenvalue weighted by Crippen LogP contribution is -2.36. The maximum absolute atomic E-state index is 2.45. The summed E-state index contributed by atoms with van der Waals surface area (Å²) in [6.07, 6.45) is 17.1. The van der Waals surface area contributed by atoms with Gasteiger partial charge in [-0.2, -0.15) is 0 Å². The van der Waals surface area contributed by atoms with Gasteiger partial charge in [0.05, 0.1) is 0 Å². The second-order valence-electron chi connectivity index (χ2n) is 7.41. The van der Waals surface area contributed by atoms with Crippen molar-refractivity contribution in [2.75, 3.05) is 0 Å². The molecule has 0 spiro atoms. The average Bonchev–Trinajstić information content (AvgIpc) is 2.31. The van der Waals surface area contributed by atoms with Crippen LogP contribution in [0.1, 0.15) is 77.6 Å². The summed E-state index contributed by atoms with van der Waals surface area (Å²) >= 11 is 0. The van der Waals surface area contributed by atoms with Crippen LogP contribution < -0.4 is 0 Å². The molecule has 0 radical (unpaired) electrons. The predicted octanol–water partition coefficient (Wildman–Crippen LogP) is 5.42. The van der Waals surface area contributed by atoms with E-state index in [1.54, 1.807) is 38.5 Å². The van der Waals surface area contributed by atoms with E-state index in [2.05, 4.69) is 6.92 Å². The van der Waals surface area contributed by atoms with Crippen LogP contribution in [-0.2, 0) is 0 Å². The number of rotatable bonds is 2. The molecule has 0 amide bonds. The molecule has 0 aliphatic heterocycles. The van der Waals surface area contributed by atoms with Crippen LogP contribution in [0.5, 0.6) is 0 Å². The fourth-order valence-corrected chi connectivity index (χ4v) is 4.84. The van der Waals surface area contributed by atoms with Crippen LogP contribution in [-0.4, -0.2) is 0 Å². The van der Waals surface area contributed by atoms with Gasteiger partial charge in [-0.05, 0) is 55.3 Å². The van der Waals surface area contributed by atoms with Crippen LogP contribution in [0, 0.1) is 29.6 Å². The van der Waals surface area contributed by atoms with Gasteiger partial charge in [-0.3, -0.25) is 0 Å². The quantitative estimate of drug-likeness (QED) is 0.598. The molecular formula is C17H30. The summed E-state index contributed by atoms with van der Waals surface area (Å²) in [6.45, 7) is 2.45. The summed E-state index contributed by atoms with van der Waals surface area (Å²) < 4.78 is 0. The van der Waals surface area contributed by atoms with Gasteiger partial charge in [0.1, 0.15) is 0 Å². The van der Waals surface area contributed by atoms with E-state index in [1.807, 2.05) is 0 Å². The molecule has 0 aromatic heterocycles. The fraction of sp³-hybridized carbons (Fsp3) is 1.00. The first-order valence-corrected chi connectivity index (χ1v) is 8.33. The molecule has 0 heterocycles. The SMILES string of the molecule is CC1CCC(C2CC(C3CCCCC3)C2)CC1. The van der Waals surface area contributed by atoms with Gasteiger partial charge in [-0.15, -0.1) is 0 Å². The van der Waals surface area contributed by atoms with Crippen LogP contribution in [0.2, 0.25) is 0 Å². The third-order valence-corrected chi connectivity index (χ3v) is 6.25. The van der Waals surface area contributed by atoms with Crippen molar-refractivity contribution in [3.8, 4) is 0 Å². The van der Waals surface area contributed by atoms with Crippen molar-refractivity contribution in [3.63, 3.8) is 0 Å². The summed E-state index contributed by atoms with van der Waals surface area (Å²) in [5.74, 6) is 5.60. The van der Waals surface area contributed by atoms with E-state index in [1.165, 1.54) is 32.1 Å². The number of hydrogen-bond acceptors (Lipinski definition) is 0. The van der Waals surface area contributed by atoms with Crippen molar-refractivity contribution in [1.82, 2.24) is 0 Å². The lowest BCUT2D eigenvalue weighted by molar-refractivity contribution is 0.0394. The van der Waals surface area contributed by atoms with Gasteiger partial charge in [0.2, 0.25) is 0 Å². The Morgan fingerprint density at radius 1 is 0.529 bits per heavy atom. The molecule has 0 nitrogen and oxygen atoms in total. The van der Waals surface area contributed by atoms with Crippen LogP contribution in [0.4, 0.5) is 0 Å². The standard InChI is InChI=1S/C17H30/c1-13-7-9-15(10-8-13)17-11-16(12-17)14-5-3-2-4-6-14/h13-17H,2-12H2,1H3. The first kappa shape index (κ1) is 12.1. The molecule has 0 N–H and O–H groups in total. The molecule has 3 aliphatic rings. The van der Waals surface area contributed by atoms with Crippen molar-refractivity contribution in [2.45, 2.75) is 77.6 Å². The van der Waals surface area contributed by atoms with Gasteiger partial charge in [0.25, 0.3) is 0 Å². The van der Waals surface area contributed by atoms with Gasteiger partial charge in [0, 0.05) is 0 Å². The van der Waals surface area contributed by atoms with E-state index in [-0.39, 0.29) is 0 Å². The Kier molecular flexibility index (Phi) is 3.78. The van der Waals surface area contributed by atoms with Crippen LogP contribution >= 0.6 is 0 Å². The molecule has 0 aromatic rings. The van der Waals surface area contributed by atoms with Gasteiger partial charge in [0.15, 0.2) is 0 Å². The first-order chi connectivity index (χ1) is 8.33. The van der Waals surface area contributed by atoms with Crippen LogP contribution in [0.25, 0.3) is 0 Å². The highest BCUT2D eigenvalue weighted by Gasteiger charge is 2.39. The Morgan fingerprint density at radius 3 is 1.65 bits per heavy atom. The van der Waals surface area contributed by atoms with E-state index in [9.17, 15) is 0 Å². The molecule has 0 bridgehead atoms. The highest BCUT2D eigenvalue weighted by atomic mass is 14.4. The van der Waals surface area contributed by atoms with Gasteiger partial charge < -0.3 is 0 Å². The Hall–Kier alpha value is 0.